The van der Waals surface area contributed by atoms with E-state index in [0.29, 0.717) is 5.56 Å². The highest BCUT2D eigenvalue weighted by atomic mass is 16.5. The molecule has 0 aliphatic heterocycles. The fourth-order valence-electron chi connectivity index (χ4n) is 4.23. The summed E-state index contributed by atoms with van der Waals surface area (Å²) in [6.07, 6.45) is 14.6. The van der Waals surface area contributed by atoms with Gasteiger partial charge in [-0.05, 0) is 24.1 Å². The molecule has 35 heavy (non-hydrogen) atoms. The number of phenols is 2. The quantitative estimate of drug-likeness (QED) is 0.141. The van der Waals surface area contributed by atoms with Gasteiger partial charge >= 0.3 is 5.97 Å². The first-order valence-corrected chi connectivity index (χ1v) is 12.8. The van der Waals surface area contributed by atoms with Gasteiger partial charge in [0.2, 0.25) is 5.43 Å². The minimum absolute atomic E-state index is 0.0116. The summed E-state index contributed by atoms with van der Waals surface area (Å²) >= 11 is 0. The maximum atomic E-state index is 13.2. The number of carbonyl (C=O) groups excluding carboxylic acids is 1. The lowest BCUT2D eigenvalue weighted by Gasteiger charge is -2.09. The lowest BCUT2D eigenvalue weighted by atomic mass is 10.0. The molecule has 3 rings (SSSR count). The molecule has 2 N–H and O–H groups in total. The van der Waals surface area contributed by atoms with E-state index in [1.807, 2.05) is 0 Å². The number of phenolic OH excluding ortho intramolecular Hbond substituents is 2. The Balaban J connectivity index is 1.54. The van der Waals surface area contributed by atoms with E-state index in [9.17, 15) is 19.8 Å². The maximum Gasteiger partial charge on any atom is 0.311 e. The Morgan fingerprint density at radius 2 is 1.43 bits per heavy atom. The van der Waals surface area contributed by atoms with Gasteiger partial charge in [-0.1, -0.05) is 83.3 Å². The number of benzene rings is 2. The van der Waals surface area contributed by atoms with E-state index < -0.39 is 5.97 Å². The predicted molar refractivity (Wildman–Crippen MR) is 138 cm³/mol. The molecule has 0 saturated heterocycles. The molecule has 188 valence electrons. The normalized spacial score (nSPS) is 11.1. The summed E-state index contributed by atoms with van der Waals surface area (Å²) in [4.78, 5) is 25.7. The van der Waals surface area contributed by atoms with Crippen molar-refractivity contribution < 1.29 is 24.2 Å². The molecule has 0 saturated carbocycles. The van der Waals surface area contributed by atoms with E-state index in [1.54, 1.807) is 12.1 Å². The Morgan fingerprint density at radius 1 is 0.829 bits per heavy atom. The molecule has 0 aliphatic carbocycles. The second-order valence-corrected chi connectivity index (χ2v) is 9.10. The van der Waals surface area contributed by atoms with Gasteiger partial charge in [0.25, 0.3) is 0 Å². The molecule has 2 aromatic carbocycles. The number of esters is 1. The van der Waals surface area contributed by atoms with E-state index in [4.69, 9.17) is 9.15 Å². The molecule has 0 spiro atoms. The fourth-order valence-corrected chi connectivity index (χ4v) is 4.23. The van der Waals surface area contributed by atoms with Gasteiger partial charge in [-0.3, -0.25) is 9.59 Å². The van der Waals surface area contributed by atoms with E-state index >= 15 is 0 Å². The van der Waals surface area contributed by atoms with Crippen LogP contribution in [0.3, 0.4) is 0 Å². The number of carbonyl (C=O) groups is 1. The second kappa shape index (κ2) is 13.6. The highest BCUT2D eigenvalue weighted by molar-refractivity contribution is 5.90. The van der Waals surface area contributed by atoms with Gasteiger partial charge in [0.05, 0.1) is 5.56 Å². The minimum atomic E-state index is -0.442. The van der Waals surface area contributed by atoms with Crippen LogP contribution in [-0.4, -0.2) is 16.2 Å². The third-order valence-electron chi connectivity index (χ3n) is 6.21. The summed E-state index contributed by atoms with van der Waals surface area (Å²) in [6.45, 7) is 2.23. The van der Waals surface area contributed by atoms with Gasteiger partial charge in [-0.2, -0.15) is 0 Å². The van der Waals surface area contributed by atoms with Crippen LogP contribution < -0.4 is 10.2 Å². The molecule has 0 amide bonds. The molecule has 0 fully saturated rings. The Bertz CT molecular complexity index is 1150. The lowest BCUT2D eigenvalue weighted by molar-refractivity contribution is -0.134. The van der Waals surface area contributed by atoms with Crippen molar-refractivity contribution in [2.45, 2.75) is 84.0 Å². The van der Waals surface area contributed by atoms with Crippen LogP contribution in [0.1, 0.15) is 84.0 Å². The van der Waals surface area contributed by atoms with E-state index in [2.05, 4.69) is 6.92 Å². The van der Waals surface area contributed by atoms with Crippen LogP contribution in [0.15, 0.2) is 51.9 Å². The van der Waals surface area contributed by atoms with Crippen LogP contribution in [-0.2, 0) is 4.79 Å². The van der Waals surface area contributed by atoms with Crippen molar-refractivity contribution in [1.82, 2.24) is 0 Å². The molecule has 6 heteroatoms. The maximum absolute atomic E-state index is 13.2. The summed E-state index contributed by atoms with van der Waals surface area (Å²) < 4.78 is 11.1. The smallest absolute Gasteiger partial charge is 0.311 e. The number of ether oxygens (including phenoxy) is 1. The molecule has 0 aliphatic rings. The average Bonchev–Trinajstić information content (AvgIpc) is 2.83. The van der Waals surface area contributed by atoms with Gasteiger partial charge in [-0.15, -0.1) is 0 Å². The van der Waals surface area contributed by atoms with Gasteiger partial charge in [-0.25, -0.2) is 0 Å². The summed E-state index contributed by atoms with van der Waals surface area (Å²) in [5.74, 6) is -0.527. The van der Waals surface area contributed by atoms with Crippen molar-refractivity contribution in [2.24, 2.45) is 0 Å². The Labute approximate surface area is 206 Å². The zero-order chi connectivity index (χ0) is 25.0. The molecule has 0 atom stereocenters. The van der Waals surface area contributed by atoms with Gasteiger partial charge in [0, 0.05) is 18.6 Å². The SMILES string of the molecule is CCCCCCCCCCCCCC(=O)Oc1cc(O)cc2occ(-c3ccc(O)cc3)c(=O)c12. The van der Waals surface area contributed by atoms with E-state index in [0.717, 1.165) is 19.3 Å². The minimum Gasteiger partial charge on any atom is -0.508 e. The molecule has 3 aromatic rings. The van der Waals surface area contributed by atoms with Crippen LogP contribution in [0.25, 0.3) is 22.1 Å². The Kier molecular flexibility index (Phi) is 10.2. The van der Waals surface area contributed by atoms with Crippen LogP contribution in [0.4, 0.5) is 0 Å². The first-order valence-electron chi connectivity index (χ1n) is 12.8. The number of aromatic hydroxyl groups is 2. The second-order valence-electron chi connectivity index (χ2n) is 9.10. The van der Waals surface area contributed by atoms with E-state index in [-0.39, 0.29) is 45.6 Å². The number of fused-ring (bicyclic) bond motifs is 1. The zero-order valence-corrected chi connectivity index (χ0v) is 20.6. The first kappa shape index (κ1) is 26.3. The summed E-state index contributed by atoms with van der Waals surface area (Å²) in [5, 5.41) is 19.6. The largest absolute Gasteiger partial charge is 0.508 e. The van der Waals surface area contributed by atoms with Crippen molar-refractivity contribution in [2.75, 3.05) is 0 Å². The van der Waals surface area contributed by atoms with Crippen molar-refractivity contribution in [1.29, 1.82) is 0 Å². The average molecular weight is 481 g/mol. The molecule has 1 heterocycles. The molecule has 0 radical (unpaired) electrons. The number of hydrogen-bond acceptors (Lipinski definition) is 6. The van der Waals surface area contributed by atoms with Crippen LogP contribution in [0.2, 0.25) is 0 Å². The monoisotopic (exact) mass is 480 g/mol. The van der Waals surface area contributed by atoms with Crippen molar-refractivity contribution in [3.63, 3.8) is 0 Å². The van der Waals surface area contributed by atoms with Gasteiger partial charge in [0.15, 0.2) is 0 Å². The fraction of sp³-hybridized carbons (Fsp3) is 0.448. The third-order valence-corrected chi connectivity index (χ3v) is 6.21. The summed E-state index contributed by atoms with van der Waals surface area (Å²) in [6, 6.07) is 8.74. The molecule has 0 bridgehead atoms. The molecular weight excluding hydrogens is 444 g/mol. The van der Waals surface area contributed by atoms with Gasteiger partial charge in [0.1, 0.15) is 34.5 Å². The van der Waals surface area contributed by atoms with Crippen LogP contribution in [0, 0.1) is 0 Å². The summed E-state index contributed by atoms with van der Waals surface area (Å²) in [5.41, 5.74) is 0.583. The highest BCUT2D eigenvalue weighted by Gasteiger charge is 2.17. The third kappa shape index (κ3) is 7.88. The molecule has 0 unspecified atom stereocenters. The molecule has 6 nitrogen and oxygen atoms in total. The van der Waals surface area contributed by atoms with Crippen molar-refractivity contribution in [3.8, 4) is 28.4 Å². The zero-order valence-electron chi connectivity index (χ0n) is 20.6. The number of hydrogen-bond donors (Lipinski definition) is 2. The first-order chi connectivity index (χ1) is 17.0. The summed E-state index contributed by atoms with van der Waals surface area (Å²) in [7, 11) is 0. The predicted octanol–water partition coefficient (Wildman–Crippen LogP) is 7.48. The van der Waals surface area contributed by atoms with E-state index in [1.165, 1.54) is 81.9 Å². The lowest BCUT2D eigenvalue weighted by Crippen LogP contribution is -2.12. The molecule has 1 aromatic heterocycles. The van der Waals surface area contributed by atoms with Crippen molar-refractivity contribution >= 4 is 16.9 Å². The van der Waals surface area contributed by atoms with Crippen LogP contribution >= 0.6 is 0 Å². The number of unbranched alkanes of at least 4 members (excludes halogenated alkanes) is 10. The highest BCUT2D eigenvalue weighted by Crippen LogP contribution is 2.31. The topological polar surface area (TPSA) is 97.0 Å². The standard InChI is InChI=1S/C29H36O6/c1-2-3-4-5-6-7-8-9-10-11-12-13-27(32)35-26-19-23(31)18-25-28(26)29(33)24(20-34-25)21-14-16-22(30)17-15-21/h14-20,30-31H,2-13H2,1H3. The molecular formula is C29H36O6. The Hall–Kier alpha value is -3.28. The van der Waals surface area contributed by atoms with Crippen LogP contribution in [0.5, 0.6) is 17.2 Å². The van der Waals surface area contributed by atoms with Gasteiger partial charge < -0.3 is 19.4 Å². The number of rotatable bonds is 14. The van der Waals surface area contributed by atoms with Crippen molar-refractivity contribution in [3.05, 3.63) is 52.9 Å². The Morgan fingerprint density at radius 3 is 2.06 bits per heavy atom.